The molecule has 0 spiro atoms. The highest BCUT2D eigenvalue weighted by Crippen LogP contribution is 2.38. The Balaban J connectivity index is 1.92. The molecule has 3 heterocycles. The fraction of sp³-hybridized carbons (Fsp3) is 0. The van der Waals surface area contributed by atoms with Crippen LogP contribution in [-0.2, 0) is 0 Å². The second kappa shape index (κ2) is 4.96. The number of nitrogens with zero attached hydrogens (tertiary/aromatic N) is 2. The predicted octanol–water partition coefficient (Wildman–Crippen LogP) is 5.81. The highest BCUT2D eigenvalue weighted by atomic mass is 15.0. The molecule has 0 unspecified atom stereocenters. The number of para-hydroxylation sites is 2. The van der Waals surface area contributed by atoms with Gasteiger partial charge in [-0.2, -0.15) is 0 Å². The molecule has 0 saturated heterocycles. The van der Waals surface area contributed by atoms with E-state index in [1.54, 1.807) is 0 Å². The first kappa shape index (κ1) is 13.7. The summed E-state index contributed by atoms with van der Waals surface area (Å²) < 4.78 is 2.34. The summed E-state index contributed by atoms with van der Waals surface area (Å²) in [5.41, 5.74) is 5.89. The molecule has 3 aromatic heterocycles. The Morgan fingerprint density at radius 3 is 2.27 bits per heavy atom. The molecule has 0 saturated carbocycles. The Labute approximate surface area is 149 Å². The van der Waals surface area contributed by atoms with Crippen molar-refractivity contribution in [1.29, 1.82) is 0 Å². The van der Waals surface area contributed by atoms with Gasteiger partial charge in [-0.25, -0.2) is 0 Å². The Kier molecular flexibility index (Phi) is 2.61. The SMILES string of the molecule is c1ccc2c(c1)[nH]c1c2ccc2c3ccccc3n(-c3ccncc3)c21. The molecular formula is C23H15N3. The molecule has 0 radical (unpaired) electrons. The van der Waals surface area contributed by atoms with Gasteiger partial charge in [0.2, 0.25) is 0 Å². The van der Waals surface area contributed by atoms with Crippen molar-refractivity contribution in [3.8, 4) is 5.69 Å². The van der Waals surface area contributed by atoms with Gasteiger partial charge in [0.25, 0.3) is 0 Å². The maximum Gasteiger partial charge on any atom is 0.0783 e. The second-order valence-corrected chi connectivity index (χ2v) is 6.61. The number of fused-ring (bicyclic) bond motifs is 7. The molecule has 0 aliphatic rings. The molecule has 0 aliphatic carbocycles. The van der Waals surface area contributed by atoms with Crippen LogP contribution in [0.5, 0.6) is 0 Å². The number of nitrogens with one attached hydrogen (secondary N) is 1. The summed E-state index contributed by atoms with van der Waals surface area (Å²) in [4.78, 5) is 7.85. The largest absolute Gasteiger partial charge is 0.353 e. The van der Waals surface area contributed by atoms with E-state index in [4.69, 9.17) is 0 Å². The molecule has 6 aromatic rings. The van der Waals surface area contributed by atoms with Crippen molar-refractivity contribution in [2.75, 3.05) is 0 Å². The van der Waals surface area contributed by atoms with Gasteiger partial charge in [0, 0.05) is 45.1 Å². The van der Waals surface area contributed by atoms with Gasteiger partial charge in [-0.3, -0.25) is 4.98 Å². The number of pyridine rings is 1. The zero-order valence-electron chi connectivity index (χ0n) is 14.0. The lowest BCUT2D eigenvalue weighted by Gasteiger charge is -2.07. The minimum atomic E-state index is 1.12. The molecule has 0 aliphatic heterocycles. The Bertz CT molecular complexity index is 1420. The van der Waals surface area contributed by atoms with E-state index in [1.807, 2.05) is 12.4 Å². The molecule has 0 atom stereocenters. The fourth-order valence-corrected chi connectivity index (χ4v) is 4.13. The fourth-order valence-electron chi connectivity index (χ4n) is 4.13. The molecule has 3 nitrogen and oxygen atoms in total. The number of rotatable bonds is 1. The lowest BCUT2D eigenvalue weighted by atomic mass is 10.1. The van der Waals surface area contributed by atoms with Crippen LogP contribution in [0, 0.1) is 0 Å². The summed E-state index contributed by atoms with van der Waals surface area (Å²) >= 11 is 0. The van der Waals surface area contributed by atoms with Crippen molar-refractivity contribution in [2.45, 2.75) is 0 Å². The number of aromatic amines is 1. The van der Waals surface area contributed by atoms with Gasteiger partial charge < -0.3 is 9.55 Å². The number of hydrogen-bond acceptors (Lipinski definition) is 1. The number of aromatic nitrogens is 3. The summed E-state index contributed by atoms with van der Waals surface area (Å²) in [5, 5.41) is 5.04. The zero-order chi connectivity index (χ0) is 17.1. The number of benzene rings is 3. The van der Waals surface area contributed by atoms with Gasteiger partial charge in [-0.1, -0.05) is 48.5 Å². The maximum absolute atomic E-state index is 4.19. The first-order chi connectivity index (χ1) is 12.9. The molecule has 122 valence electrons. The molecule has 0 fully saturated rings. The molecule has 26 heavy (non-hydrogen) atoms. The quantitative estimate of drug-likeness (QED) is 0.404. The molecular weight excluding hydrogens is 318 g/mol. The van der Waals surface area contributed by atoms with Gasteiger partial charge in [-0.05, 0) is 24.3 Å². The van der Waals surface area contributed by atoms with E-state index in [9.17, 15) is 0 Å². The van der Waals surface area contributed by atoms with E-state index >= 15 is 0 Å². The molecule has 0 bridgehead atoms. The monoisotopic (exact) mass is 333 g/mol. The van der Waals surface area contributed by atoms with Crippen LogP contribution in [0.2, 0.25) is 0 Å². The Hall–Kier alpha value is -3.59. The topological polar surface area (TPSA) is 33.6 Å². The molecule has 3 aromatic carbocycles. The second-order valence-electron chi connectivity index (χ2n) is 6.61. The molecule has 1 N–H and O–H groups in total. The van der Waals surface area contributed by atoms with Gasteiger partial charge in [0.15, 0.2) is 0 Å². The lowest BCUT2D eigenvalue weighted by molar-refractivity contribution is 1.16. The van der Waals surface area contributed by atoms with Crippen molar-refractivity contribution in [3.63, 3.8) is 0 Å². The summed E-state index contributed by atoms with van der Waals surface area (Å²) in [7, 11) is 0. The van der Waals surface area contributed by atoms with Crippen molar-refractivity contribution in [3.05, 3.63) is 85.2 Å². The van der Waals surface area contributed by atoms with Crippen LogP contribution < -0.4 is 0 Å². The summed E-state index contributed by atoms with van der Waals surface area (Å²) in [5.74, 6) is 0. The van der Waals surface area contributed by atoms with Crippen molar-refractivity contribution in [2.24, 2.45) is 0 Å². The van der Waals surface area contributed by atoms with E-state index in [1.165, 1.54) is 43.6 Å². The van der Waals surface area contributed by atoms with E-state index in [0.29, 0.717) is 0 Å². The van der Waals surface area contributed by atoms with Crippen molar-refractivity contribution >= 4 is 43.6 Å². The molecule has 6 rings (SSSR count). The van der Waals surface area contributed by atoms with Gasteiger partial charge >= 0.3 is 0 Å². The third-order valence-corrected chi connectivity index (χ3v) is 5.23. The van der Waals surface area contributed by atoms with Gasteiger partial charge in [0.1, 0.15) is 0 Å². The van der Waals surface area contributed by atoms with Gasteiger partial charge in [-0.15, -0.1) is 0 Å². The minimum absolute atomic E-state index is 1.12. The van der Waals surface area contributed by atoms with E-state index < -0.39 is 0 Å². The lowest BCUT2D eigenvalue weighted by Crippen LogP contribution is -1.94. The van der Waals surface area contributed by atoms with E-state index in [-0.39, 0.29) is 0 Å². The smallest absolute Gasteiger partial charge is 0.0783 e. The van der Waals surface area contributed by atoms with Crippen LogP contribution in [0.4, 0.5) is 0 Å². The summed E-state index contributed by atoms with van der Waals surface area (Å²) in [6.07, 6.45) is 3.70. The first-order valence-corrected chi connectivity index (χ1v) is 8.75. The van der Waals surface area contributed by atoms with E-state index in [0.717, 1.165) is 5.69 Å². The summed E-state index contributed by atoms with van der Waals surface area (Å²) in [6.45, 7) is 0. The van der Waals surface area contributed by atoms with Crippen molar-refractivity contribution < 1.29 is 0 Å². The van der Waals surface area contributed by atoms with Crippen LogP contribution in [0.15, 0.2) is 85.2 Å². The minimum Gasteiger partial charge on any atom is -0.353 e. The molecule has 0 amide bonds. The Morgan fingerprint density at radius 2 is 1.38 bits per heavy atom. The third kappa shape index (κ3) is 1.69. The van der Waals surface area contributed by atoms with Crippen LogP contribution in [-0.4, -0.2) is 14.5 Å². The maximum atomic E-state index is 4.19. The highest BCUT2D eigenvalue weighted by Gasteiger charge is 2.16. The molecule has 3 heteroatoms. The van der Waals surface area contributed by atoms with E-state index in [2.05, 4.69) is 87.3 Å². The summed E-state index contributed by atoms with van der Waals surface area (Å²) in [6, 6.07) is 25.7. The third-order valence-electron chi connectivity index (χ3n) is 5.23. The van der Waals surface area contributed by atoms with Crippen LogP contribution >= 0.6 is 0 Å². The van der Waals surface area contributed by atoms with Crippen molar-refractivity contribution in [1.82, 2.24) is 14.5 Å². The standard InChI is InChI=1S/C23H15N3/c1-3-7-20-16(5-1)18-9-10-19-17-6-2-4-8-21(17)26(23(19)22(18)25-20)15-11-13-24-14-12-15/h1-14,25H. The zero-order valence-corrected chi connectivity index (χ0v) is 14.0. The Morgan fingerprint density at radius 1 is 0.654 bits per heavy atom. The highest BCUT2D eigenvalue weighted by molar-refractivity contribution is 6.22. The normalized spacial score (nSPS) is 11.8. The van der Waals surface area contributed by atoms with Crippen LogP contribution in [0.25, 0.3) is 49.3 Å². The van der Waals surface area contributed by atoms with Crippen LogP contribution in [0.1, 0.15) is 0 Å². The predicted molar refractivity (Wildman–Crippen MR) is 108 cm³/mol. The van der Waals surface area contributed by atoms with Crippen LogP contribution in [0.3, 0.4) is 0 Å². The number of hydrogen-bond donors (Lipinski definition) is 1. The average Bonchev–Trinajstić information content (AvgIpc) is 3.24. The average molecular weight is 333 g/mol. The number of H-pyrrole nitrogens is 1. The first-order valence-electron chi connectivity index (χ1n) is 8.75. The van der Waals surface area contributed by atoms with Gasteiger partial charge in [0.05, 0.1) is 16.6 Å².